The van der Waals surface area contributed by atoms with Gasteiger partial charge in [0, 0.05) is 5.02 Å². The van der Waals surface area contributed by atoms with E-state index in [1.54, 1.807) is 18.2 Å². The molecule has 1 saturated carbocycles. The maximum atomic E-state index is 12.4. The minimum Gasteiger partial charge on any atom is -0.391 e. The molecule has 3 N–H and O–H groups in total. The van der Waals surface area contributed by atoms with Gasteiger partial charge in [0.25, 0.3) is 5.91 Å². The summed E-state index contributed by atoms with van der Waals surface area (Å²) in [6.45, 7) is 0. The van der Waals surface area contributed by atoms with Crippen LogP contribution in [0.15, 0.2) is 18.2 Å². The molecular weight excluding hydrogens is 315 g/mol. The van der Waals surface area contributed by atoms with Gasteiger partial charge in [0.1, 0.15) is 0 Å². The summed E-state index contributed by atoms with van der Waals surface area (Å²) in [5.41, 5.74) is 5.60. The van der Waals surface area contributed by atoms with E-state index in [-0.39, 0.29) is 5.91 Å². The molecule has 0 radical (unpaired) electrons. The molecule has 0 aromatic heterocycles. The zero-order chi connectivity index (χ0) is 14.8. The van der Waals surface area contributed by atoms with Crippen LogP contribution in [0.5, 0.6) is 0 Å². The number of hydrogen-bond donors (Lipinski definition) is 2. The lowest BCUT2D eigenvalue weighted by atomic mass is 9.81. The Hall–Kier alpha value is -0.840. The van der Waals surface area contributed by atoms with Gasteiger partial charge in [-0.15, -0.1) is 0 Å². The largest absolute Gasteiger partial charge is 0.391 e. The first-order valence-electron chi connectivity index (χ1n) is 6.52. The average molecular weight is 331 g/mol. The van der Waals surface area contributed by atoms with E-state index in [0.29, 0.717) is 20.6 Å². The molecule has 0 heterocycles. The van der Waals surface area contributed by atoms with Gasteiger partial charge in [-0.05, 0) is 31.0 Å². The van der Waals surface area contributed by atoms with Crippen molar-refractivity contribution in [3.8, 4) is 0 Å². The zero-order valence-corrected chi connectivity index (χ0v) is 13.2. The Labute approximate surface area is 133 Å². The molecule has 0 spiro atoms. The molecule has 0 atom stereocenters. The van der Waals surface area contributed by atoms with Crippen LogP contribution in [0.4, 0.5) is 0 Å². The van der Waals surface area contributed by atoms with Crippen LogP contribution in [-0.2, 0) is 0 Å². The van der Waals surface area contributed by atoms with Gasteiger partial charge >= 0.3 is 0 Å². The van der Waals surface area contributed by atoms with Crippen molar-refractivity contribution in [1.29, 1.82) is 0 Å². The van der Waals surface area contributed by atoms with Crippen molar-refractivity contribution in [1.82, 2.24) is 5.32 Å². The number of carbonyl (C=O) groups excluding carboxylic acids is 1. The highest BCUT2D eigenvalue weighted by Gasteiger charge is 2.37. The van der Waals surface area contributed by atoms with Crippen LogP contribution in [0.1, 0.15) is 42.5 Å². The molecule has 1 aromatic rings. The SMILES string of the molecule is NC(=S)C1(NC(=O)c2cc(Cl)ccc2Cl)CCCCC1. The number of halogens is 2. The summed E-state index contributed by atoms with van der Waals surface area (Å²) < 4.78 is 0. The van der Waals surface area contributed by atoms with Gasteiger partial charge in [-0.1, -0.05) is 54.7 Å². The van der Waals surface area contributed by atoms with Crippen molar-refractivity contribution < 1.29 is 4.79 Å². The molecule has 2 rings (SSSR count). The van der Waals surface area contributed by atoms with Crippen LogP contribution >= 0.6 is 35.4 Å². The molecule has 0 saturated heterocycles. The fourth-order valence-corrected chi connectivity index (χ4v) is 3.18. The number of amides is 1. The minimum atomic E-state index is -0.601. The summed E-state index contributed by atoms with van der Waals surface area (Å²) in [6.07, 6.45) is 4.68. The van der Waals surface area contributed by atoms with Gasteiger partial charge in [-0.3, -0.25) is 4.79 Å². The summed E-state index contributed by atoms with van der Waals surface area (Å²) in [7, 11) is 0. The van der Waals surface area contributed by atoms with Crippen molar-refractivity contribution in [3.63, 3.8) is 0 Å². The van der Waals surface area contributed by atoms with Crippen molar-refractivity contribution in [2.24, 2.45) is 5.73 Å². The van der Waals surface area contributed by atoms with Crippen LogP contribution in [0.2, 0.25) is 10.0 Å². The van der Waals surface area contributed by atoms with Crippen LogP contribution in [0, 0.1) is 0 Å². The van der Waals surface area contributed by atoms with Gasteiger partial charge in [-0.25, -0.2) is 0 Å². The molecule has 1 aromatic carbocycles. The summed E-state index contributed by atoms with van der Waals surface area (Å²) in [6, 6.07) is 4.80. The smallest absolute Gasteiger partial charge is 0.253 e. The second kappa shape index (κ2) is 6.29. The Morgan fingerprint density at radius 2 is 1.90 bits per heavy atom. The van der Waals surface area contributed by atoms with Crippen LogP contribution < -0.4 is 11.1 Å². The number of rotatable bonds is 3. The number of carbonyl (C=O) groups is 1. The summed E-state index contributed by atoms with van der Waals surface area (Å²) in [4.78, 5) is 12.8. The Bertz CT molecular complexity index is 542. The quantitative estimate of drug-likeness (QED) is 0.830. The monoisotopic (exact) mass is 330 g/mol. The molecule has 1 aliphatic carbocycles. The zero-order valence-electron chi connectivity index (χ0n) is 10.9. The molecule has 0 bridgehead atoms. The van der Waals surface area contributed by atoms with Crippen molar-refractivity contribution >= 4 is 46.3 Å². The lowest BCUT2D eigenvalue weighted by Crippen LogP contribution is -2.57. The summed E-state index contributed by atoms with van der Waals surface area (Å²) >= 11 is 17.1. The third kappa shape index (κ3) is 3.25. The predicted octanol–water partition coefficient (Wildman–Crippen LogP) is 3.71. The van der Waals surface area contributed by atoms with Crippen molar-refractivity contribution in [3.05, 3.63) is 33.8 Å². The highest BCUT2D eigenvalue weighted by molar-refractivity contribution is 7.80. The standard InChI is InChI=1S/C14H16Cl2N2OS/c15-9-4-5-11(16)10(8-9)12(19)18-14(13(17)20)6-2-1-3-7-14/h4-5,8H,1-3,6-7H2,(H2,17,20)(H,18,19). The Morgan fingerprint density at radius 3 is 2.50 bits per heavy atom. The number of thiocarbonyl (C=S) groups is 1. The number of nitrogens with two attached hydrogens (primary N) is 1. The second-order valence-electron chi connectivity index (χ2n) is 5.09. The highest BCUT2D eigenvalue weighted by Crippen LogP contribution is 2.30. The first kappa shape index (κ1) is 15.5. The fraction of sp³-hybridized carbons (Fsp3) is 0.429. The molecule has 6 heteroatoms. The minimum absolute atomic E-state index is 0.285. The molecule has 1 aliphatic rings. The molecule has 1 amide bonds. The van der Waals surface area contributed by atoms with E-state index in [2.05, 4.69) is 5.32 Å². The van der Waals surface area contributed by atoms with E-state index in [4.69, 9.17) is 41.2 Å². The van der Waals surface area contributed by atoms with E-state index in [1.807, 2.05) is 0 Å². The van der Waals surface area contributed by atoms with Crippen molar-refractivity contribution in [2.45, 2.75) is 37.6 Å². The molecule has 0 aliphatic heterocycles. The molecule has 1 fully saturated rings. The molecule has 0 unspecified atom stereocenters. The number of benzene rings is 1. The van der Waals surface area contributed by atoms with Gasteiger partial charge in [0.2, 0.25) is 0 Å². The van der Waals surface area contributed by atoms with Gasteiger partial charge in [-0.2, -0.15) is 0 Å². The van der Waals surface area contributed by atoms with E-state index >= 15 is 0 Å². The van der Waals surface area contributed by atoms with Gasteiger partial charge < -0.3 is 11.1 Å². The van der Waals surface area contributed by atoms with E-state index < -0.39 is 5.54 Å². The van der Waals surface area contributed by atoms with E-state index in [1.165, 1.54) is 0 Å². The first-order chi connectivity index (χ1) is 9.44. The number of hydrogen-bond acceptors (Lipinski definition) is 2. The molecule has 20 heavy (non-hydrogen) atoms. The van der Waals surface area contributed by atoms with E-state index in [0.717, 1.165) is 32.1 Å². The van der Waals surface area contributed by atoms with Crippen LogP contribution in [-0.4, -0.2) is 16.4 Å². The van der Waals surface area contributed by atoms with Gasteiger partial charge in [0.15, 0.2) is 0 Å². The van der Waals surface area contributed by atoms with Crippen LogP contribution in [0.25, 0.3) is 0 Å². The van der Waals surface area contributed by atoms with Gasteiger partial charge in [0.05, 0.1) is 21.1 Å². The normalized spacial score (nSPS) is 17.5. The fourth-order valence-electron chi connectivity index (χ4n) is 2.54. The third-order valence-corrected chi connectivity index (χ3v) is 4.66. The maximum Gasteiger partial charge on any atom is 0.253 e. The Balaban J connectivity index is 2.24. The molecular formula is C14H16Cl2N2OS. The van der Waals surface area contributed by atoms with Crippen LogP contribution in [0.3, 0.4) is 0 Å². The third-order valence-electron chi connectivity index (χ3n) is 3.70. The summed E-state index contributed by atoms with van der Waals surface area (Å²) in [5.74, 6) is -0.285. The Kier molecular flexibility index (Phi) is 4.89. The average Bonchev–Trinajstić information content (AvgIpc) is 2.42. The lowest BCUT2D eigenvalue weighted by molar-refractivity contribution is 0.0908. The highest BCUT2D eigenvalue weighted by atomic mass is 35.5. The first-order valence-corrected chi connectivity index (χ1v) is 7.68. The van der Waals surface area contributed by atoms with E-state index in [9.17, 15) is 4.79 Å². The lowest BCUT2D eigenvalue weighted by Gasteiger charge is -2.37. The summed E-state index contributed by atoms with van der Waals surface area (Å²) in [5, 5.41) is 3.80. The predicted molar refractivity (Wildman–Crippen MR) is 86.5 cm³/mol. The topological polar surface area (TPSA) is 55.1 Å². The second-order valence-corrected chi connectivity index (χ2v) is 6.37. The maximum absolute atomic E-state index is 12.4. The molecule has 3 nitrogen and oxygen atoms in total. The molecule has 108 valence electrons. The van der Waals surface area contributed by atoms with Crippen molar-refractivity contribution in [2.75, 3.05) is 0 Å². The Morgan fingerprint density at radius 1 is 1.25 bits per heavy atom. The number of nitrogens with one attached hydrogen (secondary N) is 1.